The Morgan fingerprint density at radius 3 is 2.53 bits per heavy atom. The van der Waals surface area contributed by atoms with Crippen molar-refractivity contribution in [3.05, 3.63) is 0 Å². The van der Waals surface area contributed by atoms with Crippen LogP contribution in [-0.2, 0) is 4.79 Å². The van der Waals surface area contributed by atoms with Crippen LogP contribution in [0.4, 0.5) is 0 Å². The van der Waals surface area contributed by atoms with Crippen LogP contribution in [-0.4, -0.2) is 50.1 Å². The van der Waals surface area contributed by atoms with Crippen molar-refractivity contribution in [1.82, 2.24) is 15.5 Å². The minimum atomic E-state index is 0.234. The summed E-state index contributed by atoms with van der Waals surface area (Å²) in [5.41, 5.74) is 0. The standard InChI is InChI=1S/C13H25N3O/c1-16(2)6-5-14-13(17)9-10-7-11-3-4-12(8-10)15-11/h10-12,15H,3-9H2,1-2H3,(H,14,17). The van der Waals surface area contributed by atoms with Crippen LogP contribution in [0.5, 0.6) is 0 Å². The van der Waals surface area contributed by atoms with Crippen molar-refractivity contribution >= 4 is 5.91 Å². The van der Waals surface area contributed by atoms with Crippen molar-refractivity contribution < 1.29 is 4.79 Å². The summed E-state index contributed by atoms with van der Waals surface area (Å²) in [6, 6.07) is 1.38. The highest BCUT2D eigenvalue weighted by Gasteiger charge is 2.33. The molecule has 0 aromatic rings. The summed E-state index contributed by atoms with van der Waals surface area (Å²) in [6.45, 7) is 1.69. The third-order valence-electron chi connectivity index (χ3n) is 3.93. The molecule has 4 nitrogen and oxygen atoms in total. The van der Waals surface area contributed by atoms with Gasteiger partial charge in [-0.05, 0) is 45.7 Å². The predicted molar refractivity (Wildman–Crippen MR) is 68.9 cm³/mol. The molecule has 0 aliphatic carbocycles. The first-order valence-electron chi connectivity index (χ1n) is 6.81. The summed E-state index contributed by atoms with van der Waals surface area (Å²) >= 11 is 0. The van der Waals surface area contributed by atoms with E-state index in [1.165, 1.54) is 25.7 Å². The van der Waals surface area contributed by atoms with Crippen molar-refractivity contribution in [2.75, 3.05) is 27.2 Å². The van der Waals surface area contributed by atoms with Crippen molar-refractivity contribution in [3.8, 4) is 0 Å². The monoisotopic (exact) mass is 239 g/mol. The Morgan fingerprint density at radius 2 is 1.94 bits per heavy atom. The molecule has 4 heteroatoms. The maximum Gasteiger partial charge on any atom is 0.220 e. The molecule has 2 aliphatic heterocycles. The van der Waals surface area contributed by atoms with Gasteiger partial charge < -0.3 is 15.5 Å². The van der Waals surface area contributed by atoms with E-state index in [1.807, 2.05) is 14.1 Å². The number of carbonyl (C=O) groups excluding carboxylic acids is 1. The van der Waals surface area contributed by atoms with Gasteiger partial charge in [-0.1, -0.05) is 0 Å². The molecule has 0 aromatic heterocycles. The molecular formula is C13H25N3O. The molecule has 2 bridgehead atoms. The molecule has 0 radical (unpaired) electrons. The summed E-state index contributed by atoms with van der Waals surface area (Å²) < 4.78 is 0. The molecule has 2 N–H and O–H groups in total. The third-order valence-corrected chi connectivity index (χ3v) is 3.93. The molecule has 2 atom stereocenters. The Balaban J connectivity index is 1.65. The first kappa shape index (κ1) is 12.8. The molecule has 2 unspecified atom stereocenters. The van der Waals surface area contributed by atoms with Gasteiger partial charge in [0.15, 0.2) is 0 Å². The Hall–Kier alpha value is -0.610. The van der Waals surface area contributed by atoms with Gasteiger partial charge >= 0.3 is 0 Å². The second kappa shape index (κ2) is 5.83. The van der Waals surface area contributed by atoms with Gasteiger partial charge in [-0.2, -0.15) is 0 Å². The zero-order valence-electron chi connectivity index (χ0n) is 11.0. The zero-order valence-corrected chi connectivity index (χ0v) is 11.0. The van der Waals surface area contributed by atoms with Crippen molar-refractivity contribution in [2.45, 2.75) is 44.2 Å². The van der Waals surface area contributed by atoms with Gasteiger partial charge in [0.25, 0.3) is 0 Å². The van der Waals surface area contributed by atoms with Gasteiger partial charge in [0, 0.05) is 31.6 Å². The van der Waals surface area contributed by atoms with Crippen LogP contribution in [0, 0.1) is 5.92 Å². The molecule has 0 aromatic carbocycles. The summed E-state index contributed by atoms with van der Waals surface area (Å²) in [6.07, 6.45) is 5.73. The number of fused-ring (bicyclic) bond motifs is 2. The van der Waals surface area contributed by atoms with E-state index in [0.717, 1.165) is 19.5 Å². The van der Waals surface area contributed by atoms with E-state index in [4.69, 9.17) is 0 Å². The summed E-state index contributed by atoms with van der Waals surface area (Å²) in [7, 11) is 4.05. The molecule has 17 heavy (non-hydrogen) atoms. The topological polar surface area (TPSA) is 44.4 Å². The lowest BCUT2D eigenvalue weighted by atomic mass is 9.89. The van der Waals surface area contributed by atoms with Crippen molar-refractivity contribution in [3.63, 3.8) is 0 Å². The van der Waals surface area contributed by atoms with E-state index in [-0.39, 0.29) is 5.91 Å². The molecule has 98 valence electrons. The maximum absolute atomic E-state index is 11.8. The van der Waals surface area contributed by atoms with Gasteiger partial charge in [-0.25, -0.2) is 0 Å². The highest BCUT2D eigenvalue weighted by atomic mass is 16.1. The van der Waals surface area contributed by atoms with E-state index in [2.05, 4.69) is 15.5 Å². The molecule has 0 spiro atoms. The number of piperidine rings is 1. The molecular weight excluding hydrogens is 214 g/mol. The number of likely N-dealkylation sites (N-methyl/N-ethyl adjacent to an activating group) is 1. The van der Waals surface area contributed by atoms with Crippen LogP contribution in [0.25, 0.3) is 0 Å². The molecule has 2 saturated heterocycles. The Morgan fingerprint density at radius 1 is 1.29 bits per heavy atom. The number of rotatable bonds is 5. The normalized spacial score (nSPS) is 31.8. The number of amides is 1. The predicted octanol–water partition coefficient (Wildman–Crippen LogP) is 0.585. The number of hydrogen-bond acceptors (Lipinski definition) is 3. The van der Waals surface area contributed by atoms with Crippen LogP contribution in [0.1, 0.15) is 32.1 Å². The zero-order chi connectivity index (χ0) is 12.3. The van der Waals surface area contributed by atoms with Gasteiger partial charge in [0.05, 0.1) is 0 Å². The molecule has 2 heterocycles. The summed E-state index contributed by atoms with van der Waals surface area (Å²) in [5, 5.41) is 6.62. The fourth-order valence-corrected chi connectivity index (χ4v) is 3.10. The summed E-state index contributed by atoms with van der Waals surface area (Å²) in [4.78, 5) is 13.9. The number of nitrogens with one attached hydrogen (secondary N) is 2. The fourth-order valence-electron chi connectivity index (χ4n) is 3.10. The molecule has 2 rings (SSSR count). The minimum Gasteiger partial charge on any atom is -0.355 e. The minimum absolute atomic E-state index is 0.234. The van der Waals surface area contributed by atoms with E-state index >= 15 is 0 Å². The first-order valence-corrected chi connectivity index (χ1v) is 6.81. The van der Waals surface area contributed by atoms with Gasteiger partial charge in [0.1, 0.15) is 0 Å². The van der Waals surface area contributed by atoms with E-state index in [0.29, 0.717) is 18.0 Å². The van der Waals surface area contributed by atoms with E-state index in [1.54, 1.807) is 0 Å². The van der Waals surface area contributed by atoms with Crippen molar-refractivity contribution in [2.24, 2.45) is 5.92 Å². The quantitative estimate of drug-likeness (QED) is 0.738. The Bertz CT molecular complexity index is 255. The Kier molecular flexibility index (Phi) is 4.40. The van der Waals surface area contributed by atoms with Gasteiger partial charge in [-0.15, -0.1) is 0 Å². The number of hydrogen-bond donors (Lipinski definition) is 2. The largest absolute Gasteiger partial charge is 0.355 e. The van der Waals surface area contributed by atoms with Crippen LogP contribution in [0.2, 0.25) is 0 Å². The third kappa shape index (κ3) is 3.96. The fraction of sp³-hybridized carbons (Fsp3) is 0.923. The Labute approximate surface area is 104 Å². The average Bonchev–Trinajstić information content (AvgIpc) is 2.57. The van der Waals surface area contributed by atoms with Gasteiger partial charge in [-0.3, -0.25) is 4.79 Å². The van der Waals surface area contributed by atoms with Crippen molar-refractivity contribution in [1.29, 1.82) is 0 Å². The highest BCUT2D eigenvalue weighted by molar-refractivity contribution is 5.76. The van der Waals surface area contributed by atoms with Crippen LogP contribution < -0.4 is 10.6 Å². The highest BCUT2D eigenvalue weighted by Crippen LogP contribution is 2.32. The average molecular weight is 239 g/mol. The smallest absolute Gasteiger partial charge is 0.220 e. The molecule has 0 saturated carbocycles. The van der Waals surface area contributed by atoms with E-state index in [9.17, 15) is 4.79 Å². The van der Waals surface area contributed by atoms with Gasteiger partial charge in [0.2, 0.25) is 5.91 Å². The molecule has 2 aliphatic rings. The summed E-state index contributed by atoms with van der Waals surface area (Å²) in [5.74, 6) is 0.839. The lowest BCUT2D eigenvalue weighted by molar-refractivity contribution is -0.122. The molecule has 1 amide bonds. The number of carbonyl (C=O) groups is 1. The maximum atomic E-state index is 11.8. The first-order chi connectivity index (χ1) is 8.13. The second-order valence-electron chi connectivity index (χ2n) is 5.83. The van der Waals surface area contributed by atoms with Crippen LogP contribution in [0.15, 0.2) is 0 Å². The SMILES string of the molecule is CN(C)CCNC(=O)CC1CC2CCC(C1)N2. The lowest BCUT2D eigenvalue weighted by Gasteiger charge is -2.28. The second-order valence-corrected chi connectivity index (χ2v) is 5.83. The number of nitrogens with zero attached hydrogens (tertiary/aromatic N) is 1. The molecule has 2 fully saturated rings. The van der Waals surface area contributed by atoms with Crippen LogP contribution >= 0.6 is 0 Å². The van der Waals surface area contributed by atoms with E-state index < -0.39 is 0 Å². The lowest BCUT2D eigenvalue weighted by Crippen LogP contribution is -2.40. The van der Waals surface area contributed by atoms with Crippen LogP contribution in [0.3, 0.4) is 0 Å².